The summed E-state index contributed by atoms with van der Waals surface area (Å²) < 4.78 is 39.3. The fraction of sp³-hybridized carbons (Fsp3) is 0.895. The molecular weight excluding hydrogens is 398 g/mol. The van der Waals surface area contributed by atoms with Gasteiger partial charge in [0.15, 0.2) is 0 Å². The molecule has 1 saturated heterocycles. The maximum atomic E-state index is 12.8. The van der Waals surface area contributed by atoms with Crippen LogP contribution in [-0.4, -0.2) is 66.2 Å². The predicted octanol–water partition coefficient (Wildman–Crippen LogP) is 2.87. The Balaban J connectivity index is 1.94. The molecule has 2 amide bonds. The molecular formula is C19H35N3O6S. The third kappa shape index (κ3) is 5.97. The van der Waals surface area contributed by atoms with Gasteiger partial charge < -0.3 is 14.4 Å². The minimum Gasteiger partial charge on any atom is -0.444 e. The first kappa shape index (κ1) is 23.7. The van der Waals surface area contributed by atoms with Gasteiger partial charge in [0.2, 0.25) is 0 Å². The predicted molar refractivity (Wildman–Crippen MR) is 109 cm³/mol. The second-order valence-electron chi connectivity index (χ2n) is 10.4. The number of carbonyl (C=O) groups is 2. The lowest BCUT2D eigenvalue weighted by atomic mass is 9.60. The normalized spacial score (nSPS) is 19.7. The molecule has 1 aliphatic heterocycles. The summed E-state index contributed by atoms with van der Waals surface area (Å²) in [6.45, 7) is 15.1. The number of nitrogens with one attached hydrogen (secondary N) is 1. The maximum absolute atomic E-state index is 12.8. The van der Waals surface area contributed by atoms with Gasteiger partial charge in [-0.1, -0.05) is 0 Å². The molecule has 168 valence electrons. The monoisotopic (exact) mass is 433 g/mol. The molecule has 0 aromatic rings. The van der Waals surface area contributed by atoms with Crippen LogP contribution in [0.1, 0.15) is 68.2 Å². The topological polar surface area (TPSA) is 105 Å². The standard InChI is InChI=1S/C19H35N3O6S/c1-13(2)22(29(25,26)20-15(23)27-17(3,4)5)14-9-19(10-14)11-21(12-19)16(24)28-18(6,7)8/h13-14H,9-12H2,1-8H3,(H,20,23). The van der Waals surface area contributed by atoms with E-state index in [1.165, 1.54) is 4.31 Å². The third-order valence-corrected chi connectivity index (χ3v) is 6.50. The summed E-state index contributed by atoms with van der Waals surface area (Å²) in [5.74, 6) is 0. The molecule has 2 rings (SSSR count). The second kappa shape index (κ2) is 7.61. The Kier molecular flexibility index (Phi) is 6.23. The van der Waals surface area contributed by atoms with Crippen LogP contribution >= 0.6 is 0 Å². The van der Waals surface area contributed by atoms with Crippen LogP contribution in [0.2, 0.25) is 0 Å². The van der Waals surface area contributed by atoms with E-state index in [9.17, 15) is 18.0 Å². The molecule has 1 aliphatic carbocycles. The van der Waals surface area contributed by atoms with E-state index in [1.54, 1.807) is 39.5 Å². The first-order valence-electron chi connectivity index (χ1n) is 9.95. The van der Waals surface area contributed by atoms with Gasteiger partial charge in [-0.3, -0.25) is 0 Å². The van der Waals surface area contributed by atoms with Crippen molar-refractivity contribution in [3.05, 3.63) is 0 Å². The molecule has 1 heterocycles. The van der Waals surface area contributed by atoms with Crippen LogP contribution in [-0.2, 0) is 19.7 Å². The summed E-state index contributed by atoms with van der Waals surface area (Å²) in [4.78, 5) is 25.7. The van der Waals surface area contributed by atoms with E-state index < -0.39 is 27.5 Å². The lowest BCUT2D eigenvalue weighted by Crippen LogP contribution is -2.69. The SMILES string of the molecule is CC(C)N(C1CC2(C1)CN(C(=O)OC(C)(C)C)C2)S(=O)(=O)NC(=O)OC(C)(C)C. The van der Waals surface area contributed by atoms with Crippen LogP contribution < -0.4 is 4.72 Å². The van der Waals surface area contributed by atoms with Crippen LogP contribution in [0.25, 0.3) is 0 Å². The molecule has 2 aliphatic rings. The highest BCUT2D eigenvalue weighted by Gasteiger charge is 2.57. The molecule has 0 aromatic heterocycles. The highest BCUT2D eigenvalue weighted by Crippen LogP contribution is 2.51. The van der Waals surface area contributed by atoms with Crippen LogP contribution in [0.5, 0.6) is 0 Å². The largest absolute Gasteiger partial charge is 0.444 e. The zero-order chi connectivity index (χ0) is 22.4. The Morgan fingerprint density at radius 2 is 1.52 bits per heavy atom. The molecule has 0 atom stereocenters. The van der Waals surface area contributed by atoms with E-state index in [-0.39, 0.29) is 23.6 Å². The van der Waals surface area contributed by atoms with Gasteiger partial charge in [-0.15, -0.1) is 0 Å². The van der Waals surface area contributed by atoms with Crippen molar-refractivity contribution in [3.8, 4) is 0 Å². The summed E-state index contributed by atoms with van der Waals surface area (Å²) in [6.07, 6.45) is -0.0530. The van der Waals surface area contributed by atoms with Crippen LogP contribution in [0.4, 0.5) is 9.59 Å². The van der Waals surface area contributed by atoms with E-state index in [0.717, 1.165) is 0 Å². The number of hydrogen-bond donors (Lipinski definition) is 1. The Hall–Kier alpha value is -1.55. The van der Waals surface area contributed by atoms with Gasteiger partial charge >= 0.3 is 22.4 Å². The van der Waals surface area contributed by atoms with Crippen molar-refractivity contribution < 1.29 is 27.5 Å². The van der Waals surface area contributed by atoms with Gasteiger partial charge in [0.25, 0.3) is 0 Å². The minimum atomic E-state index is -4.04. The van der Waals surface area contributed by atoms with Crippen molar-refractivity contribution in [2.24, 2.45) is 5.41 Å². The molecule has 0 unspecified atom stereocenters. The Labute approximate surface area is 174 Å². The number of nitrogens with zero attached hydrogens (tertiary/aromatic N) is 2. The first-order chi connectivity index (χ1) is 12.9. The van der Waals surface area contributed by atoms with Crippen molar-refractivity contribution >= 4 is 22.4 Å². The number of rotatable bonds is 4. The summed E-state index contributed by atoms with van der Waals surface area (Å²) in [6, 6.07) is -0.546. The summed E-state index contributed by atoms with van der Waals surface area (Å²) in [5.41, 5.74) is -1.41. The molecule has 1 N–H and O–H groups in total. The first-order valence-corrected chi connectivity index (χ1v) is 11.4. The van der Waals surface area contributed by atoms with Crippen molar-refractivity contribution in [3.63, 3.8) is 0 Å². The smallest absolute Gasteiger partial charge is 0.422 e. The van der Waals surface area contributed by atoms with E-state index in [1.807, 2.05) is 25.5 Å². The van der Waals surface area contributed by atoms with Crippen molar-refractivity contribution in [2.75, 3.05) is 13.1 Å². The zero-order valence-corrected chi connectivity index (χ0v) is 19.6. The molecule has 0 aromatic carbocycles. The zero-order valence-electron chi connectivity index (χ0n) is 18.7. The third-order valence-electron chi connectivity index (χ3n) is 4.80. The van der Waals surface area contributed by atoms with E-state index in [0.29, 0.717) is 25.9 Å². The number of ether oxygens (including phenoxy) is 2. The summed E-state index contributed by atoms with van der Waals surface area (Å²) in [7, 11) is -4.04. The van der Waals surface area contributed by atoms with Gasteiger partial charge in [0.1, 0.15) is 11.2 Å². The Morgan fingerprint density at radius 1 is 1.03 bits per heavy atom. The number of likely N-dealkylation sites (tertiary alicyclic amines) is 1. The lowest BCUT2D eigenvalue weighted by molar-refractivity contribution is -0.0979. The summed E-state index contributed by atoms with van der Waals surface area (Å²) >= 11 is 0. The van der Waals surface area contributed by atoms with Crippen LogP contribution in [0.3, 0.4) is 0 Å². The fourth-order valence-electron chi connectivity index (χ4n) is 3.95. The molecule has 0 radical (unpaired) electrons. The van der Waals surface area contributed by atoms with E-state index in [4.69, 9.17) is 9.47 Å². The van der Waals surface area contributed by atoms with E-state index >= 15 is 0 Å². The second-order valence-corrected chi connectivity index (χ2v) is 12.0. The van der Waals surface area contributed by atoms with Gasteiger partial charge in [-0.25, -0.2) is 14.3 Å². The van der Waals surface area contributed by atoms with Gasteiger partial charge in [-0.05, 0) is 68.2 Å². The summed E-state index contributed by atoms with van der Waals surface area (Å²) in [5, 5.41) is 0. The quantitative estimate of drug-likeness (QED) is 0.731. The molecule has 0 bridgehead atoms. The molecule has 1 saturated carbocycles. The van der Waals surface area contributed by atoms with E-state index in [2.05, 4.69) is 0 Å². The lowest BCUT2D eigenvalue weighted by Gasteiger charge is -2.60. The molecule has 2 fully saturated rings. The molecule has 10 heteroatoms. The average Bonchev–Trinajstić information content (AvgIpc) is 2.32. The highest BCUT2D eigenvalue weighted by atomic mass is 32.2. The maximum Gasteiger partial charge on any atom is 0.422 e. The molecule has 1 spiro atoms. The number of hydrogen-bond acceptors (Lipinski definition) is 6. The Bertz CT molecular complexity index is 737. The number of carbonyl (C=O) groups excluding carboxylic acids is 2. The van der Waals surface area contributed by atoms with Crippen molar-refractivity contribution in [1.82, 2.24) is 13.9 Å². The average molecular weight is 434 g/mol. The highest BCUT2D eigenvalue weighted by molar-refractivity contribution is 7.87. The van der Waals surface area contributed by atoms with Crippen LogP contribution in [0.15, 0.2) is 0 Å². The van der Waals surface area contributed by atoms with Gasteiger partial charge in [-0.2, -0.15) is 12.7 Å². The number of amides is 2. The van der Waals surface area contributed by atoms with Crippen molar-refractivity contribution in [2.45, 2.75) is 91.5 Å². The molecule has 9 nitrogen and oxygen atoms in total. The van der Waals surface area contributed by atoms with Gasteiger partial charge in [0, 0.05) is 30.6 Å². The van der Waals surface area contributed by atoms with Crippen molar-refractivity contribution in [1.29, 1.82) is 0 Å². The fourth-order valence-corrected chi connectivity index (χ4v) is 5.40. The van der Waals surface area contributed by atoms with Crippen LogP contribution in [0, 0.1) is 5.41 Å². The Morgan fingerprint density at radius 3 is 1.93 bits per heavy atom. The minimum absolute atomic E-state index is 0.0733. The molecule has 29 heavy (non-hydrogen) atoms. The van der Waals surface area contributed by atoms with Gasteiger partial charge in [0.05, 0.1) is 0 Å².